The molecule has 0 aliphatic rings. The van der Waals surface area contributed by atoms with Crippen molar-refractivity contribution in [2.45, 2.75) is 72.6 Å². The molecular weight excluding hydrogens is 767 g/mol. The molecule has 0 bridgehead atoms. The average Bonchev–Trinajstić information content (AvgIpc) is 3.69. The molecule has 0 aliphatic carbocycles. The molecule has 0 amide bonds. The van der Waals surface area contributed by atoms with Crippen molar-refractivity contribution in [3.63, 3.8) is 0 Å². The van der Waals surface area contributed by atoms with Gasteiger partial charge in [-0.25, -0.2) is 0 Å². The molecule has 0 saturated carbocycles. The Morgan fingerprint density at radius 3 is 2.19 bits per heavy atom. The van der Waals surface area contributed by atoms with Crippen molar-refractivity contribution in [1.82, 2.24) is 14.5 Å². The van der Waals surface area contributed by atoms with Gasteiger partial charge in [-0.3, -0.25) is 4.98 Å². The maximum absolute atomic E-state index is 7.23. The predicted molar refractivity (Wildman–Crippen MR) is 195 cm³/mol. The monoisotopic (exact) mass is 813 g/mol. The first-order valence-electron chi connectivity index (χ1n) is 17.7. The van der Waals surface area contributed by atoms with E-state index in [2.05, 4.69) is 131 Å². The van der Waals surface area contributed by atoms with Gasteiger partial charge in [0.25, 0.3) is 0 Å². The minimum atomic E-state index is -2.09. The Kier molecular flexibility index (Phi) is 9.32. The maximum atomic E-state index is 7.23. The van der Waals surface area contributed by atoms with Crippen molar-refractivity contribution in [1.29, 1.82) is 0 Å². The van der Waals surface area contributed by atoms with Crippen LogP contribution in [0.3, 0.4) is 0 Å². The Hall–Kier alpha value is -4.31. The van der Waals surface area contributed by atoms with Gasteiger partial charge in [-0.1, -0.05) is 126 Å². The molecule has 0 saturated heterocycles. The molecule has 0 spiro atoms. The second-order valence-corrected chi connectivity index (χ2v) is 13.6. The second-order valence-electron chi connectivity index (χ2n) is 13.6. The molecule has 7 aromatic rings. The third-order valence-electron chi connectivity index (χ3n) is 8.48. The third kappa shape index (κ3) is 7.09. The van der Waals surface area contributed by atoms with Crippen LogP contribution in [0.4, 0.5) is 0 Å². The van der Waals surface area contributed by atoms with Gasteiger partial charge < -0.3 is 14.0 Å². The fourth-order valence-corrected chi connectivity index (χ4v) is 5.90. The van der Waals surface area contributed by atoms with Gasteiger partial charge in [0.1, 0.15) is 0 Å². The number of aryl methyl sites for hydroxylation is 1. The maximum Gasteiger partial charge on any atom is 0.0774 e. The van der Waals surface area contributed by atoms with Gasteiger partial charge >= 0.3 is 0 Å². The number of pyridine rings is 1. The zero-order valence-electron chi connectivity index (χ0n) is 31.6. The summed E-state index contributed by atoms with van der Waals surface area (Å²) in [5.41, 5.74) is 10.8. The van der Waals surface area contributed by atoms with Crippen LogP contribution < -0.4 is 0 Å². The van der Waals surface area contributed by atoms with E-state index >= 15 is 0 Å². The number of nitrogens with zero attached hydrogens (tertiary/aromatic N) is 3. The van der Waals surface area contributed by atoms with Gasteiger partial charge in [0.2, 0.25) is 0 Å². The van der Waals surface area contributed by atoms with E-state index in [4.69, 9.17) is 13.5 Å². The fourth-order valence-electron chi connectivity index (χ4n) is 5.90. The zero-order chi connectivity index (χ0) is 35.8. The second kappa shape index (κ2) is 14.4. The fraction of sp³-hybridized carbons (Fsp3) is 0.256. The Labute approximate surface area is 302 Å². The summed E-state index contributed by atoms with van der Waals surface area (Å²) in [5.74, 6) is 1.63. The van der Waals surface area contributed by atoms with Crippen molar-refractivity contribution in [2.24, 2.45) is 0 Å². The molecule has 0 fully saturated rings. The topological polar surface area (TPSA) is 43.9 Å². The van der Waals surface area contributed by atoms with Gasteiger partial charge in [0, 0.05) is 47.9 Å². The van der Waals surface area contributed by atoms with E-state index < -0.39 is 6.85 Å². The number of furan rings is 1. The number of fused-ring (bicyclic) bond motifs is 2. The van der Waals surface area contributed by atoms with Crippen LogP contribution in [0.5, 0.6) is 0 Å². The first kappa shape index (κ1) is 31.0. The number of imidazole rings is 1. The normalized spacial score (nSPS) is 12.7. The number of benzene rings is 4. The van der Waals surface area contributed by atoms with E-state index in [1.807, 2.05) is 18.2 Å². The molecule has 1 radical (unpaired) electrons. The minimum Gasteiger partial charge on any atom is -0.557 e. The molecule has 0 aliphatic heterocycles. The zero-order valence-corrected chi connectivity index (χ0v) is 30.9. The van der Waals surface area contributed by atoms with Crippen LogP contribution in [-0.4, -0.2) is 14.5 Å². The predicted octanol–water partition coefficient (Wildman–Crippen LogP) is 11.6. The molecule has 0 atom stereocenters. The van der Waals surface area contributed by atoms with Crippen molar-refractivity contribution in [3.8, 4) is 28.3 Å². The average molecular weight is 813 g/mol. The van der Waals surface area contributed by atoms with Gasteiger partial charge in [-0.2, -0.15) is 0 Å². The summed E-state index contributed by atoms with van der Waals surface area (Å²) in [6.07, 6.45) is 4.61. The van der Waals surface area contributed by atoms with E-state index in [-0.39, 0.29) is 31.1 Å². The number of para-hydroxylation sites is 3. The molecule has 0 N–H and O–H groups in total. The van der Waals surface area contributed by atoms with E-state index in [9.17, 15) is 0 Å². The molecule has 48 heavy (non-hydrogen) atoms. The number of rotatable bonds is 5. The summed E-state index contributed by atoms with van der Waals surface area (Å²) in [6.45, 7) is 13.7. The van der Waals surface area contributed by atoms with Crippen LogP contribution >= 0.6 is 0 Å². The Balaban J connectivity index is 0.000000249. The summed E-state index contributed by atoms with van der Waals surface area (Å²) in [4.78, 5) is 9.27. The van der Waals surface area contributed by atoms with Crippen LogP contribution in [0.15, 0.2) is 108 Å². The Morgan fingerprint density at radius 1 is 0.833 bits per heavy atom. The molecule has 5 heteroatoms. The van der Waals surface area contributed by atoms with Crippen molar-refractivity contribution in [2.75, 3.05) is 0 Å². The molecule has 3 aromatic heterocycles. The summed E-state index contributed by atoms with van der Waals surface area (Å²) in [5, 5.41) is 1.05. The molecule has 4 nitrogen and oxygen atoms in total. The molecule has 247 valence electrons. The van der Waals surface area contributed by atoms with Gasteiger partial charge in [0.05, 0.1) is 16.9 Å². The first-order chi connectivity index (χ1) is 23.7. The summed E-state index contributed by atoms with van der Waals surface area (Å²) >= 11 is 0. The number of hydrogen-bond acceptors (Lipinski definition) is 3. The van der Waals surface area contributed by atoms with Crippen molar-refractivity contribution >= 4 is 22.0 Å². The quantitative estimate of drug-likeness (QED) is 0.163. The standard InChI is InChI=1S/C31H33N2O.C12H10N.Ir/c1-19(2)22-11-10-12-23(20(3)4)29(22)33-27-14-9-8-13-26(27)32-30(33)25-18-34-28-16-15-21(17-24(25)28)31(5,6)7;1-10-7-8-12(13-9-10)11-5-3-2-4-6-11;/h8-17,19-20H,1-7H3;2-5,7-9H,1H3;/q2*-1;/i;1D3;. The summed E-state index contributed by atoms with van der Waals surface area (Å²) in [6, 6.07) is 35.3. The van der Waals surface area contributed by atoms with Crippen LogP contribution in [0.2, 0.25) is 0 Å². The minimum absolute atomic E-state index is 0. The van der Waals surface area contributed by atoms with Gasteiger partial charge in [-0.15, -0.1) is 35.9 Å². The van der Waals surface area contributed by atoms with Crippen LogP contribution in [0, 0.1) is 19.2 Å². The number of aromatic nitrogens is 3. The Morgan fingerprint density at radius 2 is 1.56 bits per heavy atom. The third-order valence-corrected chi connectivity index (χ3v) is 8.48. The molecular formula is C43H43IrN3O-2. The molecule has 7 rings (SSSR count). The van der Waals surface area contributed by atoms with Crippen molar-refractivity contribution < 1.29 is 28.6 Å². The van der Waals surface area contributed by atoms with E-state index in [0.717, 1.165) is 44.6 Å². The largest absolute Gasteiger partial charge is 0.557 e. The smallest absolute Gasteiger partial charge is 0.0774 e. The Bertz CT molecular complexity index is 2220. The van der Waals surface area contributed by atoms with E-state index in [1.54, 1.807) is 18.2 Å². The molecule has 3 heterocycles. The van der Waals surface area contributed by atoms with E-state index in [1.165, 1.54) is 28.6 Å². The molecule has 4 aromatic carbocycles. The van der Waals surface area contributed by atoms with Crippen LogP contribution in [0.1, 0.15) is 86.7 Å². The van der Waals surface area contributed by atoms with Crippen molar-refractivity contribution in [3.05, 3.63) is 138 Å². The summed E-state index contributed by atoms with van der Waals surface area (Å²) < 4.78 is 30.0. The first-order valence-corrected chi connectivity index (χ1v) is 16.2. The molecule has 0 unspecified atom stereocenters. The van der Waals surface area contributed by atoms with Gasteiger partial charge in [-0.05, 0) is 58.6 Å². The van der Waals surface area contributed by atoms with Crippen LogP contribution in [0.25, 0.3) is 50.3 Å². The summed E-state index contributed by atoms with van der Waals surface area (Å²) in [7, 11) is 0. The van der Waals surface area contributed by atoms with E-state index in [0.29, 0.717) is 11.8 Å². The SMILES string of the molecule is CC(C)c1cccc(C(C)C)c1-n1c(-c2[c-]oc3ccc(C(C)(C)C)cc23)nc2ccccc21.[2H]C([2H])([2H])c1ccc(-c2[c-]cccc2)nc1.[Ir]. The number of hydrogen-bond donors (Lipinski definition) is 0. The van der Waals surface area contributed by atoms with Gasteiger partial charge in [0.15, 0.2) is 0 Å². The van der Waals surface area contributed by atoms with Crippen LogP contribution in [-0.2, 0) is 25.5 Å².